The van der Waals surface area contributed by atoms with Crippen LogP contribution >= 0.6 is 11.6 Å². The zero-order valence-electron chi connectivity index (χ0n) is 13.8. The molecule has 7 nitrogen and oxygen atoms in total. The number of carbonyl (C=O) groups excluding carboxylic acids is 1. The first-order chi connectivity index (χ1) is 12.5. The monoisotopic (exact) mass is 370 g/mol. The van der Waals surface area contributed by atoms with E-state index in [0.29, 0.717) is 22.7 Å². The molecular weight excluding hydrogens is 356 g/mol. The van der Waals surface area contributed by atoms with Crippen molar-refractivity contribution in [3.8, 4) is 5.69 Å². The molecule has 8 heteroatoms. The standard InChI is InChI=1S/C18H15ClN4O3/c1-2-17-16(11-20-22(17)15-5-3-4-12(19)10-15)18(24)21-13-6-8-14(9-7-13)23(25)26/h3-11H,2H2,1H3,(H,21,24). The smallest absolute Gasteiger partial charge is 0.269 e. The van der Waals surface area contributed by atoms with E-state index in [9.17, 15) is 14.9 Å². The van der Waals surface area contributed by atoms with Crippen molar-refractivity contribution in [3.63, 3.8) is 0 Å². The van der Waals surface area contributed by atoms with E-state index in [0.717, 1.165) is 11.4 Å². The van der Waals surface area contributed by atoms with E-state index >= 15 is 0 Å². The zero-order valence-corrected chi connectivity index (χ0v) is 14.6. The van der Waals surface area contributed by atoms with Gasteiger partial charge >= 0.3 is 0 Å². The van der Waals surface area contributed by atoms with E-state index in [4.69, 9.17) is 11.6 Å². The largest absolute Gasteiger partial charge is 0.322 e. The molecule has 26 heavy (non-hydrogen) atoms. The van der Waals surface area contributed by atoms with Crippen molar-refractivity contribution in [3.05, 3.63) is 81.1 Å². The van der Waals surface area contributed by atoms with E-state index < -0.39 is 4.92 Å². The lowest BCUT2D eigenvalue weighted by molar-refractivity contribution is -0.384. The predicted molar refractivity (Wildman–Crippen MR) is 99.0 cm³/mol. The molecule has 0 aliphatic heterocycles. The summed E-state index contributed by atoms with van der Waals surface area (Å²) in [6.45, 7) is 1.93. The van der Waals surface area contributed by atoms with Crippen LogP contribution in [0.1, 0.15) is 23.0 Å². The fraction of sp³-hybridized carbons (Fsp3) is 0.111. The van der Waals surface area contributed by atoms with Crippen LogP contribution in [0.4, 0.5) is 11.4 Å². The summed E-state index contributed by atoms with van der Waals surface area (Å²) in [6.07, 6.45) is 2.09. The summed E-state index contributed by atoms with van der Waals surface area (Å²) in [5.41, 5.74) is 2.38. The maximum Gasteiger partial charge on any atom is 0.269 e. The van der Waals surface area contributed by atoms with Gasteiger partial charge in [-0.25, -0.2) is 4.68 Å². The number of benzene rings is 2. The number of nitro groups is 1. The number of anilines is 1. The number of non-ortho nitro benzene ring substituents is 1. The van der Waals surface area contributed by atoms with E-state index in [2.05, 4.69) is 10.4 Å². The van der Waals surface area contributed by atoms with E-state index in [-0.39, 0.29) is 11.6 Å². The number of halogens is 1. The minimum Gasteiger partial charge on any atom is -0.322 e. The van der Waals surface area contributed by atoms with E-state index in [1.807, 2.05) is 19.1 Å². The lowest BCUT2D eigenvalue weighted by Gasteiger charge is -2.09. The molecule has 0 atom stereocenters. The molecule has 3 rings (SSSR count). The number of hydrogen-bond donors (Lipinski definition) is 1. The molecule has 0 saturated carbocycles. The van der Waals surface area contributed by atoms with Gasteiger partial charge < -0.3 is 5.32 Å². The number of nitrogens with zero attached hydrogens (tertiary/aromatic N) is 3. The third-order valence-corrected chi connectivity index (χ3v) is 4.07. The number of amides is 1. The van der Waals surface area contributed by atoms with E-state index in [1.54, 1.807) is 16.8 Å². The molecule has 0 bridgehead atoms. The SMILES string of the molecule is CCc1c(C(=O)Nc2ccc([N+](=O)[O-])cc2)cnn1-c1cccc(Cl)c1. The predicted octanol–water partition coefficient (Wildman–Crippen LogP) is 4.25. The average molecular weight is 371 g/mol. The minimum absolute atomic E-state index is 0.0361. The third kappa shape index (κ3) is 3.57. The Bertz CT molecular complexity index is 967. The Balaban J connectivity index is 1.87. The highest BCUT2D eigenvalue weighted by Crippen LogP contribution is 2.21. The number of nitrogens with one attached hydrogen (secondary N) is 1. The summed E-state index contributed by atoms with van der Waals surface area (Å²) in [5.74, 6) is -0.330. The van der Waals surface area contributed by atoms with Crippen LogP contribution in [-0.4, -0.2) is 20.6 Å². The van der Waals surface area contributed by atoms with Gasteiger partial charge in [-0.05, 0) is 36.8 Å². The molecule has 2 aromatic carbocycles. The Morgan fingerprint density at radius 3 is 2.62 bits per heavy atom. The Morgan fingerprint density at radius 1 is 1.27 bits per heavy atom. The first kappa shape index (κ1) is 17.6. The summed E-state index contributed by atoms with van der Waals surface area (Å²) in [6, 6.07) is 12.9. The van der Waals surface area contributed by atoms with Gasteiger partial charge in [-0.15, -0.1) is 0 Å². The van der Waals surface area contributed by atoms with Crippen LogP contribution in [0, 0.1) is 10.1 Å². The first-order valence-corrected chi connectivity index (χ1v) is 8.26. The summed E-state index contributed by atoms with van der Waals surface area (Å²) < 4.78 is 1.68. The van der Waals surface area contributed by atoms with Crippen molar-refractivity contribution in [2.75, 3.05) is 5.32 Å². The maximum atomic E-state index is 12.6. The van der Waals surface area contributed by atoms with Crippen LogP contribution < -0.4 is 5.32 Å². The lowest BCUT2D eigenvalue weighted by Crippen LogP contribution is -2.14. The van der Waals surface area contributed by atoms with Gasteiger partial charge in [0.2, 0.25) is 0 Å². The second-order valence-corrected chi connectivity index (χ2v) is 5.94. The van der Waals surface area contributed by atoms with Gasteiger partial charge in [-0.2, -0.15) is 5.10 Å². The van der Waals surface area contributed by atoms with Crippen LogP contribution in [0.3, 0.4) is 0 Å². The third-order valence-electron chi connectivity index (χ3n) is 3.84. The highest BCUT2D eigenvalue weighted by Gasteiger charge is 2.18. The van der Waals surface area contributed by atoms with Crippen LogP contribution in [0.2, 0.25) is 5.02 Å². The highest BCUT2D eigenvalue weighted by atomic mass is 35.5. The second-order valence-electron chi connectivity index (χ2n) is 5.51. The molecule has 0 radical (unpaired) electrons. The summed E-state index contributed by atoms with van der Waals surface area (Å²) in [7, 11) is 0. The molecule has 1 aromatic heterocycles. The molecule has 1 heterocycles. The molecule has 0 saturated heterocycles. The minimum atomic E-state index is -0.490. The Kier molecular flexibility index (Phi) is 4.99. The fourth-order valence-electron chi connectivity index (χ4n) is 2.60. The first-order valence-electron chi connectivity index (χ1n) is 7.88. The molecule has 3 aromatic rings. The van der Waals surface area contributed by atoms with Crippen molar-refractivity contribution in [2.45, 2.75) is 13.3 Å². The molecule has 0 spiro atoms. The van der Waals surface area contributed by atoms with Gasteiger partial charge in [0.25, 0.3) is 11.6 Å². The van der Waals surface area contributed by atoms with Crippen molar-refractivity contribution >= 4 is 28.9 Å². The van der Waals surface area contributed by atoms with Crippen LogP contribution in [0.15, 0.2) is 54.7 Å². The average Bonchev–Trinajstić information content (AvgIpc) is 3.06. The molecule has 132 valence electrons. The molecule has 0 aliphatic carbocycles. The molecular formula is C18H15ClN4O3. The number of carbonyl (C=O) groups is 1. The van der Waals surface area contributed by atoms with Crippen LogP contribution in [0.25, 0.3) is 5.69 Å². The molecule has 0 unspecified atom stereocenters. The quantitative estimate of drug-likeness (QED) is 0.537. The van der Waals surface area contributed by atoms with Gasteiger partial charge in [0.1, 0.15) is 0 Å². The maximum absolute atomic E-state index is 12.6. The van der Waals surface area contributed by atoms with Gasteiger partial charge in [0, 0.05) is 22.8 Å². The number of rotatable bonds is 5. The Hall–Kier alpha value is -3.19. The number of hydrogen-bond acceptors (Lipinski definition) is 4. The van der Waals surface area contributed by atoms with Crippen molar-refractivity contribution < 1.29 is 9.72 Å². The second kappa shape index (κ2) is 7.37. The van der Waals surface area contributed by atoms with Gasteiger partial charge in [0.15, 0.2) is 0 Å². The van der Waals surface area contributed by atoms with Crippen molar-refractivity contribution in [1.29, 1.82) is 0 Å². The summed E-state index contributed by atoms with van der Waals surface area (Å²) >= 11 is 6.03. The lowest BCUT2D eigenvalue weighted by atomic mass is 10.1. The molecule has 0 fully saturated rings. The number of nitro benzene ring substituents is 1. The van der Waals surface area contributed by atoms with Crippen molar-refractivity contribution in [2.24, 2.45) is 0 Å². The Morgan fingerprint density at radius 2 is 2.00 bits per heavy atom. The summed E-state index contributed by atoms with van der Waals surface area (Å²) in [4.78, 5) is 22.8. The highest BCUT2D eigenvalue weighted by molar-refractivity contribution is 6.30. The van der Waals surface area contributed by atoms with Crippen LogP contribution in [0.5, 0.6) is 0 Å². The summed E-state index contributed by atoms with van der Waals surface area (Å²) in [5, 5.41) is 18.3. The van der Waals surface area contributed by atoms with E-state index in [1.165, 1.54) is 30.5 Å². The number of aromatic nitrogens is 2. The molecule has 1 amide bonds. The van der Waals surface area contributed by atoms with Gasteiger partial charge in [-0.1, -0.05) is 24.6 Å². The topological polar surface area (TPSA) is 90.1 Å². The van der Waals surface area contributed by atoms with Crippen LogP contribution in [-0.2, 0) is 6.42 Å². The molecule has 1 N–H and O–H groups in total. The van der Waals surface area contributed by atoms with Crippen molar-refractivity contribution in [1.82, 2.24) is 9.78 Å². The zero-order chi connectivity index (χ0) is 18.7. The Labute approximate surface area is 154 Å². The normalized spacial score (nSPS) is 10.5. The van der Waals surface area contributed by atoms with Gasteiger partial charge in [-0.3, -0.25) is 14.9 Å². The van der Waals surface area contributed by atoms with Gasteiger partial charge in [0.05, 0.1) is 28.1 Å². The molecule has 0 aliphatic rings. The fourth-order valence-corrected chi connectivity index (χ4v) is 2.78.